The number of ether oxygens (including phenoxy) is 1. The van der Waals surface area contributed by atoms with Crippen molar-refractivity contribution in [2.75, 3.05) is 95.0 Å². The zero-order valence-electron chi connectivity index (χ0n) is 49.0. The highest BCUT2D eigenvalue weighted by Crippen LogP contribution is 2.39. The molecule has 3 saturated heterocycles. The number of piperazine rings is 1. The lowest BCUT2D eigenvalue weighted by Gasteiger charge is -2.37. The van der Waals surface area contributed by atoms with E-state index in [9.17, 15) is 44.4 Å². The third kappa shape index (κ3) is 16.2. The standard InChI is InChI=1S/C65H72ClF4N7O8S3/c1-44-61(78)23-22-60(63(44)79)71-51-15-20-57(58(67)39-51)47-24-28-75(29-25-47)41-45-8-19-56(46-9-13-50(66)14-10-46)49(38-45)42-76-31-33-77(34-32-76)53-16-11-48(12-17-53)64(80)73-88(83,84)55-18-21-59(62(40-55)87(81,82)65(68,69)70)72-52(43-86-54-6-3-2-4-7-54)26-30-74-27-5-36-85-37-35-74/h2-4,6-7,9-11,13-16,18,20-21,39-41,44-45,47,52,60,71-72H,5,8,19,22-38,42-43H2,1H3/p+1/t44?,45-,47?,52-,60?/m1/s1. The van der Waals surface area contributed by atoms with E-state index in [2.05, 4.69) is 59.7 Å². The van der Waals surface area contributed by atoms with Gasteiger partial charge in [0.15, 0.2) is 5.78 Å². The molecule has 3 aliphatic heterocycles. The Morgan fingerprint density at radius 2 is 1.62 bits per heavy atom. The maximum Gasteiger partial charge on any atom is 0.501 e. The van der Waals surface area contributed by atoms with Crippen LogP contribution in [0.5, 0.6) is 0 Å². The highest BCUT2D eigenvalue weighted by Gasteiger charge is 2.49. The second kappa shape index (κ2) is 28.7. The first-order valence-corrected chi connectivity index (χ1v) is 34.4. The number of allylic oxidation sites excluding steroid dienone is 2. The fourth-order valence-electron chi connectivity index (χ4n) is 12.4. The van der Waals surface area contributed by atoms with Gasteiger partial charge in [0.2, 0.25) is 0 Å². The van der Waals surface area contributed by atoms with Crippen LogP contribution in [-0.4, -0.2) is 162 Å². The van der Waals surface area contributed by atoms with Gasteiger partial charge in [-0.3, -0.25) is 19.3 Å². The minimum atomic E-state index is -6.11. The van der Waals surface area contributed by atoms with Gasteiger partial charge in [-0.2, -0.15) is 13.2 Å². The number of halogens is 5. The van der Waals surface area contributed by atoms with Crippen molar-refractivity contribution in [3.05, 3.63) is 153 Å². The van der Waals surface area contributed by atoms with Gasteiger partial charge >= 0.3 is 5.51 Å². The van der Waals surface area contributed by atoms with Crippen LogP contribution < -0.4 is 15.4 Å². The smallest absolute Gasteiger partial charge is 0.380 e. The van der Waals surface area contributed by atoms with Crippen LogP contribution in [-0.2, 0) is 39.0 Å². The van der Waals surface area contributed by atoms with E-state index in [0.717, 1.165) is 87.3 Å². The summed E-state index contributed by atoms with van der Waals surface area (Å²) in [6, 6.07) is 23.8. The molecule has 88 heavy (non-hydrogen) atoms. The number of piperidine rings is 1. The van der Waals surface area contributed by atoms with Gasteiger partial charge in [-0.05, 0) is 141 Å². The molecule has 0 aromatic heterocycles. The fraction of sp³-hybridized carbons (Fsp3) is 0.446. The van der Waals surface area contributed by atoms with Crippen LogP contribution in [0, 0.1) is 17.7 Å². The minimum Gasteiger partial charge on any atom is -0.380 e. The molecule has 1 saturated carbocycles. The summed E-state index contributed by atoms with van der Waals surface area (Å²) in [7, 11) is -11.0. The van der Waals surface area contributed by atoms with E-state index in [1.165, 1.54) is 35.1 Å². The zero-order chi connectivity index (χ0) is 62.2. The first-order valence-electron chi connectivity index (χ1n) is 30.0. The van der Waals surface area contributed by atoms with Crippen LogP contribution in [0.25, 0.3) is 5.57 Å². The molecule has 15 nitrogen and oxygen atoms in total. The van der Waals surface area contributed by atoms with E-state index < -0.39 is 64.8 Å². The Labute approximate surface area is 521 Å². The Kier molecular flexibility index (Phi) is 21.1. The Hall–Kier alpha value is -6.32. The van der Waals surface area contributed by atoms with Gasteiger partial charge in [-0.15, -0.1) is 11.8 Å². The van der Waals surface area contributed by atoms with Crippen LogP contribution in [0.3, 0.4) is 0 Å². The maximum absolute atomic E-state index is 15.7. The number of sulfonamides is 1. The van der Waals surface area contributed by atoms with Gasteiger partial charge in [-0.25, -0.2) is 30.5 Å². The summed E-state index contributed by atoms with van der Waals surface area (Å²) >= 11 is 7.77. The third-order valence-electron chi connectivity index (χ3n) is 17.4. The summed E-state index contributed by atoms with van der Waals surface area (Å²) < 4.78 is 122. The molecule has 468 valence electrons. The van der Waals surface area contributed by atoms with Crippen LogP contribution in [0.15, 0.2) is 146 Å². The van der Waals surface area contributed by atoms with E-state index >= 15 is 4.39 Å². The van der Waals surface area contributed by atoms with Gasteiger partial charge in [0.05, 0.1) is 40.4 Å². The minimum absolute atomic E-state index is 0.0517. The molecule has 0 radical (unpaired) electrons. The predicted octanol–water partition coefficient (Wildman–Crippen LogP) is 10.3. The van der Waals surface area contributed by atoms with Crippen molar-refractivity contribution < 1.29 is 58.1 Å². The quantitative estimate of drug-likeness (QED) is 0.0250. The van der Waals surface area contributed by atoms with Crippen molar-refractivity contribution in [1.29, 1.82) is 0 Å². The number of Topliss-reactive ketones (excluding diaryl/α,β-unsaturated/α-hetero) is 2. The Morgan fingerprint density at radius 1 is 0.864 bits per heavy atom. The van der Waals surface area contributed by atoms with Gasteiger partial charge in [0.1, 0.15) is 35.8 Å². The summed E-state index contributed by atoms with van der Waals surface area (Å²) in [5.74, 6) is -1.57. The Bertz CT molecular complexity index is 3680. The molecular weight excluding hydrogens is 1210 g/mol. The van der Waals surface area contributed by atoms with Crippen LogP contribution in [0.1, 0.15) is 81.8 Å². The number of nitrogens with zero attached hydrogens (tertiary/aromatic N) is 4. The normalized spacial score (nSPS) is 22.2. The summed E-state index contributed by atoms with van der Waals surface area (Å²) in [5.41, 5.74) is 4.97. The number of carbonyl (C=O) groups is 3. The van der Waals surface area contributed by atoms with Crippen molar-refractivity contribution in [3.63, 3.8) is 0 Å². The van der Waals surface area contributed by atoms with Crippen LogP contribution >= 0.6 is 23.4 Å². The van der Waals surface area contributed by atoms with Gasteiger partial charge in [0, 0.05) is 112 Å². The first kappa shape index (κ1) is 64.7. The molecule has 10 rings (SSSR count). The van der Waals surface area contributed by atoms with E-state index in [1.807, 2.05) is 59.3 Å². The Morgan fingerprint density at radius 3 is 2.34 bits per heavy atom. The van der Waals surface area contributed by atoms with E-state index in [0.29, 0.717) is 111 Å². The average molecular weight is 1290 g/mol. The molecular formula is C65H73ClF4N7O8S3+. The number of nitrogens with one attached hydrogen (secondary N) is 3. The molecule has 0 spiro atoms. The molecule has 6 aliphatic rings. The van der Waals surface area contributed by atoms with Crippen LogP contribution in [0.4, 0.5) is 28.9 Å². The Balaban J connectivity index is 0.766. The molecule has 4 aromatic carbocycles. The third-order valence-corrected chi connectivity index (χ3v) is 21.7. The number of amides is 1. The maximum atomic E-state index is 15.7. The highest BCUT2D eigenvalue weighted by atomic mass is 35.5. The van der Waals surface area contributed by atoms with Gasteiger partial charge in [0.25, 0.3) is 25.8 Å². The number of thioether (sulfide) groups is 1. The number of ketones is 2. The second-order valence-electron chi connectivity index (χ2n) is 23.4. The largest absolute Gasteiger partial charge is 0.501 e. The van der Waals surface area contributed by atoms with E-state index in [4.69, 9.17) is 16.3 Å². The monoisotopic (exact) mass is 1290 g/mol. The first-order chi connectivity index (χ1) is 42.2. The van der Waals surface area contributed by atoms with Gasteiger partial charge < -0.3 is 25.2 Å². The topological polar surface area (TPSA) is 178 Å². The molecule has 4 atom stereocenters. The number of alkyl halides is 3. The molecule has 4 fully saturated rings. The molecule has 3 aliphatic carbocycles. The number of anilines is 2. The van der Waals surface area contributed by atoms with Crippen LogP contribution in [0.2, 0.25) is 5.02 Å². The molecule has 23 heteroatoms. The van der Waals surface area contributed by atoms with Gasteiger partial charge in [-0.1, -0.05) is 59.3 Å². The molecule has 1 amide bonds. The molecule has 2 unspecified atom stereocenters. The lowest BCUT2D eigenvalue weighted by molar-refractivity contribution is -0.536. The number of benzene rings is 4. The molecule has 4 aromatic rings. The average Bonchev–Trinajstić information content (AvgIpc) is 3.73. The van der Waals surface area contributed by atoms with Crippen molar-refractivity contribution in [1.82, 2.24) is 19.4 Å². The number of hydrogen-bond donors (Lipinski definition) is 3. The number of carbonyl (C=O) groups excluding carboxylic acids is 3. The predicted molar refractivity (Wildman–Crippen MR) is 333 cm³/mol. The zero-order valence-corrected chi connectivity index (χ0v) is 52.2. The molecule has 3 heterocycles. The number of hydrogen-bond acceptors (Lipinski definition) is 14. The number of sulfone groups is 1. The van der Waals surface area contributed by atoms with Crippen molar-refractivity contribution >= 4 is 83.9 Å². The molecule has 0 bridgehead atoms. The summed E-state index contributed by atoms with van der Waals surface area (Å²) in [6.07, 6.45) is 11.7. The lowest BCUT2D eigenvalue weighted by atomic mass is 9.81. The second-order valence-corrected chi connectivity index (χ2v) is 28.5. The van der Waals surface area contributed by atoms with E-state index in [-0.39, 0.29) is 28.9 Å². The number of rotatable bonds is 20. The van der Waals surface area contributed by atoms with E-state index in [1.54, 1.807) is 13.0 Å². The van der Waals surface area contributed by atoms with Crippen molar-refractivity contribution in [2.45, 2.75) is 103 Å². The highest BCUT2D eigenvalue weighted by molar-refractivity contribution is 7.99. The van der Waals surface area contributed by atoms with Crippen molar-refractivity contribution in [2.24, 2.45) is 11.8 Å². The van der Waals surface area contributed by atoms with Crippen molar-refractivity contribution in [3.8, 4) is 0 Å². The molecule has 3 N–H and O–H groups in total. The summed E-state index contributed by atoms with van der Waals surface area (Å²) in [4.78, 5) is 43.7. The SMILES string of the molecule is CC1C(=O)CCC(Nc2ccc(C3CC[N+](=C[C@@H]4CCC(c5ccc(Cl)cc5)=C(CN5CCN(C6=C=C=C(C(=O)NS(=O)(=O)c7ccc(N[C@H](CCN8CCCOCC8)CSc8ccccc8)c(S(=O)(=O)C(F)(F)F)c7)C=C6)CC5)C4)CC3)c(F)c2)C1=O. The summed E-state index contributed by atoms with van der Waals surface area (Å²) in [5, 5.41) is 6.83. The lowest BCUT2D eigenvalue weighted by Crippen LogP contribution is -2.46. The fourth-order valence-corrected chi connectivity index (χ4v) is 15.5. The summed E-state index contributed by atoms with van der Waals surface area (Å²) in [6.45, 7) is 9.75.